The first kappa shape index (κ1) is 13.0. The molecular formula is C17H19N3S. The number of aromatic nitrogens is 2. The Balaban J connectivity index is 1.70. The van der Waals surface area contributed by atoms with Crippen molar-refractivity contribution in [2.75, 3.05) is 0 Å². The van der Waals surface area contributed by atoms with Crippen molar-refractivity contribution in [3.05, 3.63) is 52.1 Å². The molecule has 1 aromatic carbocycles. The molecule has 0 saturated heterocycles. The summed E-state index contributed by atoms with van der Waals surface area (Å²) in [4.78, 5) is 4.62. The van der Waals surface area contributed by atoms with Crippen molar-refractivity contribution in [3.63, 3.8) is 0 Å². The summed E-state index contributed by atoms with van der Waals surface area (Å²) in [6.45, 7) is 3.87. The molecule has 0 unspecified atom stereocenters. The second-order valence-electron chi connectivity index (χ2n) is 5.79. The molecule has 2 aromatic heterocycles. The van der Waals surface area contributed by atoms with Crippen molar-refractivity contribution in [3.8, 4) is 0 Å². The monoisotopic (exact) mass is 297 g/mol. The molecule has 108 valence electrons. The van der Waals surface area contributed by atoms with Crippen LogP contribution in [0.1, 0.15) is 29.2 Å². The highest BCUT2D eigenvalue weighted by atomic mass is 32.1. The van der Waals surface area contributed by atoms with Crippen LogP contribution in [0.15, 0.2) is 35.7 Å². The third-order valence-electron chi connectivity index (χ3n) is 4.03. The summed E-state index contributed by atoms with van der Waals surface area (Å²) in [6, 6.07) is 11.7. The molecule has 0 spiro atoms. The first-order chi connectivity index (χ1) is 10.3. The number of rotatable bonds is 5. The molecule has 1 aliphatic rings. The molecule has 0 radical (unpaired) electrons. The van der Waals surface area contributed by atoms with Crippen molar-refractivity contribution in [1.29, 1.82) is 0 Å². The van der Waals surface area contributed by atoms with Crippen molar-refractivity contribution in [2.24, 2.45) is 0 Å². The fourth-order valence-corrected chi connectivity index (χ4v) is 3.38. The van der Waals surface area contributed by atoms with Gasteiger partial charge in [0, 0.05) is 29.2 Å². The van der Waals surface area contributed by atoms with Gasteiger partial charge in [-0.1, -0.05) is 18.2 Å². The molecule has 1 aliphatic carbocycles. The van der Waals surface area contributed by atoms with Gasteiger partial charge < -0.3 is 9.88 Å². The molecule has 0 amide bonds. The van der Waals surface area contributed by atoms with Gasteiger partial charge in [0.2, 0.25) is 0 Å². The summed E-state index contributed by atoms with van der Waals surface area (Å²) in [6.07, 6.45) is 2.65. The van der Waals surface area contributed by atoms with Gasteiger partial charge in [-0.25, -0.2) is 4.98 Å². The summed E-state index contributed by atoms with van der Waals surface area (Å²) in [5.41, 5.74) is 3.82. The molecule has 0 bridgehead atoms. The Morgan fingerprint density at radius 3 is 2.95 bits per heavy atom. The molecule has 4 rings (SSSR count). The maximum atomic E-state index is 4.62. The van der Waals surface area contributed by atoms with Crippen LogP contribution in [0.5, 0.6) is 0 Å². The van der Waals surface area contributed by atoms with E-state index in [0.29, 0.717) is 0 Å². The second-order valence-corrected chi connectivity index (χ2v) is 6.86. The van der Waals surface area contributed by atoms with E-state index in [1.807, 2.05) is 0 Å². The fraction of sp³-hybridized carbons (Fsp3) is 0.353. The first-order valence-electron chi connectivity index (χ1n) is 7.51. The number of fused-ring (bicyclic) bond motifs is 1. The summed E-state index contributed by atoms with van der Waals surface area (Å²) in [7, 11) is 0. The van der Waals surface area contributed by atoms with Crippen LogP contribution in [-0.4, -0.2) is 15.6 Å². The Hall–Kier alpha value is -1.65. The highest BCUT2D eigenvalue weighted by Crippen LogP contribution is 2.24. The minimum absolute atomic E-state index is 0.734. The number of nitrogens with one attached hydrogen (secondary N) is 1. The second kappa shape index (κ2) is 5.28. The number of aryl methyl sites for hydroxylation is 1. The molecule has 3 aromatic rings. The molecule has 2 heterocycles. The smallest absolute Gasteiger partial charge is 0.0898 e. The van der Waals surface area contributed by atoms with Gasteiger partial charge in [0.05, 0.1) is 17.2 Å². The van der Waals surface area contributed by atoms with E-state index in [1.165, 1.54) is 29.4 Å². The lowest BCUT2D eigenvalue weighted by molar-refractivity contribution is 0.638. The first-order valence-corrected chi connectivity index (χ1v) is 8.39. The van der Waals surface area contributed by atoms with Crippen molar-refractivity contribution < 1.29 is 0 Å². The zero-order valence-corrected chi connectivity index (χ0v) is 13.0. The van der Waals surface area contributed by atoms with Gasteiger partial charge in [-0.05, 0) is 37.3 Å². The number of nitrogens with zero attached hydrogens (tertiary/aromatic N) is 2. The number of hydrogen-bond donors (Lipinski definition) is 1. The molecule has 1 N–H and O–H groups in total. The standard InChI is InChI=1S/C17H19N3S/c1-12-19-15(11-21-12)10-20-16(9-18-14-6-7-14)8-13-4-2-3-5-17(13)20/h2-5,8,11,14,18H,6-7,9-10H2,1H3. The molecule has 4 heteroatoms. The van der Waals surface area contributed by atoms with Gasteiger partial charge in [-0.2, -0.15) is 0 Å². The normalized spacial score (nSPS) is 14.9. The Kier molecular flexibility index (Phi) is 3.28. The van der Waals surface area contributed by atoms with E-state index in [1.54, 1.807) is 11.3 Å². The van der Waals surface area contributed by atoms with Crippen LogP contribution in [0.2, 0.25) is 0 Å². The quantitative estimate of drug-likeness (QED) is 0.778. The zero-order chi connectivity index (χ0) is 14.2. The van der Waals surface area contributed by atoms with Gasteiger partial charge >= 0.3 is 0 Å². The number of thiazole rings is 1. The van der Waals surface area contributed by atoms with Crippen LogP contribution in [0.25, 0.3) is 10.9 Å². The summed E-state index contributed by atoms with van der Waals surface area (Å²) < 4.78 is 2.40. The van der Waals surface area contributed by atoms with Crippen molar-refractivity contribution in [2.45, 2.75) is 38.9 Å². The number of hydrogen-bond acceptors (Lipinski definition) is 3. The molecule has 1 saturated carbocycles. The van der Waals surface area contributed by atoms with Crippen LogP contribution < -0.4 is 5.32 Å². The minimum atomic E-state index is 0.734. The van der Waals surface area contributed by atoms with Gasteiger partial charge in [0.15, 0.2) is 0 Å². The predicted octanol–water partition coefficient (Wildman–Crippen LogP) is 3.71. The van der Waals surface area contributed by atoms with Crippen LogP contribution in [0, 0.1) is 6.92 Å². The lowest BCUT2D eigenvalue weighted by Gasteiger charge is -2.10. The van der Waals surface area contributed by atoms with E-state index < -0.39 is 0 Å². The van der Waals surface area contributed by atoms with E-state index in [0.717, 1.165) is 29.8 Å². The van der Waals surface area contributed by atoms with E-state index >= 15 is 0 Å². The molecule has 21 heavy (non-hydrogen) atoms. The Labute approximate surface area is 128 Å². The third kappa shape index (κ3) is 2.74. The van der Waals surface area contributed by atoms with Crippen molar-refractivity contribution >= 4 is 22.2 Å². The molecule has 0 aliphatic heterocycles. The van der Waals surface area contributed by atoms with Crippen LogP contribution >= 0.6 is 11.3 Å². The summed E-state index contributed by atoms with van der Waals surface area (Å²) in [5.74, 6) is 0. The van der Waals surface area contributed by atoms with Gasteiger partial charge in [-0.3, -0.25) is 0 Å². The Morgan fingerprint density at radius 2 is 2.19 bits per heavy atom. The van der Waals surface area contributed by atoms with Gasteiger partial charge in [-0.15, -0.1) is 11.3 Å². The number of para-hydroxylation sites is 1. The minimum Gasteiger partial charge on any atom is -0.337 e. The van der Waals surface area contributed by atoms with Crippen LogP contribution in [0.4, 0.5) is 0 Å². The average Bonchev–Trinajstić information content (AvgIpc) is 3.14. The Bertz CT molecular complexity index is 767. The molecule has 1 fully saturated rings. The molecule has 0 atom stereocenters. The van der Waals surface area contributed by atoms with E-state index in [2.05, 4.69) is 57.5 Å². The Morgan fingerprint density at radius 1 is 1.33 bits per heavy atom. The largest absolute Gasteiger partial charge is 0.337 e. The third-order valence-corrected chi connectivity index (χ3v) is 4.85. The van der Waals surface area contributed by atoms with E-state index in [-0.39, 0.29) is 0 Å². The van der Waals surface area contributed by atoms with Crippen LogP contribution in [-0.2, 0) is 13.1 Å². The SMILES string of the molecule is Cc1nc(Cn2c(CNC3CC3)cc3ccccc32)cs1. The fourth-order valence-electron chi connectivity index (χ4n) is 2.78. The average molecular weight is 297 g/mol. The lowest BCUT2D eigenvalue weighted by atomic mass is 10.2. The maximum absolute atomic E-state index is 4.62. The van der Waals surface area contributed by atoms with Crippen molar-refractivity contribution in [1.82, 2.24) is 14.9 Å². The zero-order valence-electron chi connectivity index (χ0n) is 12.2. The highest BCUT2D eigenvalue weighted by molar-refractivity contribution is 7.09. The predicted molar refractivity (Wildman–Crippen MR) is 87.8 cm³/mol. The van der Waals surface area contributed by atoms with E-state index in [4.69, 9.17) is 0 Å². The van der Waals surface area contributed by atoms with Crippen LogP contribution in [0.3, 0.4) is 0 Å². The topological polar surface area (TPSA) is 29.9 Å². The van der Waals surface area contributed by atoms with Gasteiger partial charge in [0.1, 0.15) is 0 Å². The molecule has 3 nitrogen and oxygen atoms in total. The maximum Gasteiger partial charge on any atom is 0.0898 e. The lowest BCUT2D eigenvalue weighted by Crippen LogP contribution is -2.18. The van der Waals surface area contributed by atoms with Gasteiger partial charge in [0.25, 0.3) is 0 Å². The molecular weight excluding hydrogens is 278 g/mol. The summed E-state index contributed by atoms with van der Waals surface area (Å²) in [5, 5.41) is 8.25. The summed E-state index contributed by atoms with van der Waals surface area (Å²) >= 11 is 1.73. The highest BCUT2D eigenvalue weighted by Gasteiger charge is 2.21. The van der Waals surface area contributed by atoms with E-state index in [9.17, 15) is 0 Å². The number of benzene rings is 1.